The van der Waals surface area contributed by atoms with Crippen molar-refractivity contribution in [1.82, 2.24) is 10.2 Å². The number of halogens is 1. The number of hydrogen-bond donors (Lipinski definition) is 1. The Kier molecular flexibility index (Phi) is 8.31. The van der Waals surface area contributed by atoms with Crippen LogP contribution in [0.2, 0.25) is 0 Å². The normalized spacial score (nSPS) is 14.8. The lowest BCUT2D eigenvalue weighted by molar-refractivity contribution is -0.145. The Bertz CT molecular complexity index is 649. The molecule has 142 valence electrons. The monoisotopic (exact) mass is 398 g/mol. The van der Waals surface area contributed by atoms with E-state index in [9.17, 15) is 14.0 Å². The number of thioether (sulfide) groups is 1. The van der Waals surface area contributed by atoms with Gasteiger partial charge < -0.3 is 15.0 Å². The van der Waals surface area contributed by atoms with E-state index < -0.39 is 11.9 Å². The molecule has 1 aliphatic heterocycles. The number of rotatable bonds is 6. The molecule has 0 bridgehead atoms. The molecule has 1 aliphatic rings. The first kappa shape index (κ1) is 20.6. The van der Waals surface area contributed by atoms with E-state index in [1.54, 1.807) is 18.2 Å². The number of benzene rings is 1. The minimum absolute atomic E-state index is 0.0509. The van der Waals surface area contributed by atoms with Crippen molar-refractivity contribution < 1.29 is 18.7 Å². The van der Waals surface area contributed by atoms with Crippen molar-refractivity contribution in [2.45, 2.75) is 26.3 Å². The average Bonchev–Trinajstić information content (AvgIpc) is 2.64. The quantitative estimate of drug-likeness (QED) is 0.587. The molecule has 0 spiro atoms. The van der Waals surface area contributed by atoms with Crippen molar-refractivity contribution in [2.75, 3.05) is 25.4 Å². The van der Waals surface area contributed by atoms with E-state index in [4.69, 9.17) is 17.0 Å². The summed E-state index contributed by atoms with van der Waals surface area (Å²) in [6, 6.07) is 6.17. The molecule has 5 nitrogen and oxygen atoms in total. The van der Waals surface area contributed by atoms with Crippen molar-refractivity contribution in [2.24, 2.45) is 5.92 Å². The van der Waals surface area contributed by atoms with Gasteiger partial charge in [-0.2, -0.15) is 0 Å². The van der Waals surface area contributed by atoms with Gasteiger partial charge in [0.2, 0.25) is 0 Å². The molecule has 1 aromatic rings. The van der Waals surface area contributed by atoms with Crippen molar-refractivity contribution in [3.63, 3.8) is 0 Å². The van der Waals surface area contributed by atoms with Gasteiger partial charge in [0.05, 0.1) is 5.75 Å². The lowest BCUT2D eigenvalue weighted by Gasteiger charge is -2.31. The second-order valence-corrected chi connectivity index (χ2v) is 7.86. The van der Waals surface area contributed by atoms with Gasteiger partial charge in [0.1, 0.15) is 10.1 Å². The number of piperidine rings is 1. The summed E-state index contributed by atoms with van der Waals surface area (Å²) in [5.74, 6) is -0.567. The maximum atomic E-state index is 13.4. The predicted octanol–water partition coefficient (Wildman–Crippen LogP) is 2.74. The summed E-state index contributed by atoms with van der Waals surface area (Å²) in [6.07, 6.45) is 2.21. The standard InChI is InChI=1S/C18H23FN2O3S2/c1-13-6-8-21(9-7-13)18(25)26-12-17(23)24-11-16(22)20-10-14-4-2-3-5-15(14)19/h2-5,13H,6-12H2,1H3,(H,20,22). The summed E-state index contributed by atoms with van der Waals surface area (Å²) in [5, 5.41) is 2.52. The zero-order chi connectivity index (χ0) is 18.9. The van der Waals surface area contributed by atoms with Crippen LogP contribution in [-0.4, -0.2) is 46.5 Å². The van der Waals surface area contributed by atoms with Crippen molar-refractivity contribution >= 4 is 40.2 Å². The SMILES string of the molecule is CC1CCN(C(=S)SCC(=O)OCC(=O)NCc2ccccc2F)CC1. The molecule has 0 radical (unpaired) electrons. The average molecular weight is 399 g/mol. The van der Waals surface area contributed by atoms with Gasteiger partial charge in [-0.15, -0.1) is 0 Å². The number of nitrogens with zero attached hydrogens (tertiary/aromatic N) is 1. The summed E-state index contributed by atoms with van der Waals surface area (Å²) in [7, 11) is 0. The molecule has 0 aliphatic carbocycles. The Morgan fingerprint density at radius 1 is 1.35 bits per heavy atom. The Hall–Kier alpha value is -1.67. The second kappa shape index (κ2) is 10.5. The highest BCUT2D eigenvalue weighted by Gasteiger charge is 2.19. The van der Waals surface area contributed by atoms with Crippen molar-refractivity contribution in [3.05, 3.63) is 35.6 Å². The maximum Gasteiger partial charge on any atom is 0.316 e. The van der Waals surface area contributed by atoms with Crippen LogP contribution in [0.5, 0.6) is 0 Å². The first-order valence-electron chi connectivity index (χ1n) is 8.53. The molecule has 26 heavy (non-hydrogen) atoms. The number of esters is 1. The smallest absolute Gasteiger partial charge is 0.316 e. The molecule has 1 aromatic carbocycles. The van der Waals surface area contributed by atoms with Crippen molar-refractivity contribution in [1.29, 1.82) is 0 Å². The third-order valence-electron chi connectivity index (χ3n) is 4.15. The van der Waals surface area contributed by atoms with Gasteiger partial charge in [-0.25, -0.2) is 4.39 Å². The summed E-state index contributed by atoms with van der Waals surface area (Å²) in [5.41, 5.74) is 0.379. The fraction of sp³-hybridized carbons (Fsp3) is 0.500. The van der Waals surface area contributed by atoms with Crippen LogP contribution in [0.1, 0.15) is 25.3 Å². The van der Waals surface area contributed by atoms with E-state index in [0.29, 0.717) is 15.8 Å². The number of nitrogens with one attached hydrogen (secondary N) is 1. The van der Waals surface area contributed by atoms with Gasteiger partial charge >= 0.3 is 5.97 Å². The highest BCUT2D eigenvalue weighted by atomic mass is 32.2. The fourth-order valence-corrected chi connectivity index (χ4v) is 3.53. The number of carbonyl (C=O) groups excluding carboxylic acids is 2. The molecule has 0 unspecified atom stereocenters. The topological polar surface area (TPSA) is 58.6 Å². The Morgan fingerprint density at radius 2 is 2.04 bits per heavy atom. The largest absolute Gasteiger partial charge is 0.455 e. The minimum atomic E-state index is -0.497. The predicted molar refractivity (Wildman–Crippen MR) is 104 cm³/mol. The lowest BCUT2D eigenvalue weighted by atomic mass is 10.00. The van der Waals surface area contributed by atoms with E-state index >= 15 is 0 Å². The highest BCUT2D eigenvalue weighted by Crippen LogP contribution is 2.20. The third kappa shape index (κ3) is 6.92. The first-order valence-corrected chi connectivity index (χ1v) is 9.92. The Labute approximate surface area is 162 Å². The number of likely N-dealkylation sites (tertiary alicyclic amines) is 1. The van der Waals surface area contributed by atoms with Crippen LogP contribution in [-0.2, 0) is 20.9 Å². The van der Waals surface area contributed by atoms with Gasteiger partial charge in [-0.1, -0.05) is 49.1 Å². The van der Waals surface area contributed by atoms with E-state index in [0.717, 1.165) is 25.9 Å². The number of amides is 1. The van der Waals surface area contributed by atoms with Crippen LogP contribution in [0.4, 0.5) is 4.39 Å². The molecule has 0 aromatic heterocycles. The summed E-state index contributed by atoms with van der Waals surface area (Å²) in [4.78, 5) is 25.6. The molecule has 0 atom stereocenters. The molecule has 0 saturated carbocycles. The molecule has 2 rings (SSSR count). The van der Waals surface area contributed by atoms with Crippen LogP contribution < -0.4 is 5.32 Å². The van der Waals surface area contributed by atoms with E-state index in [2.05, 4.69) is 17.1 Å². The highest BCUT2D eigenvalue weighted by molar-refractivity contribution is 8.23. The Balaban J connectivity index is 1.61. The zero-order valence-electron chi connectivity index (χ0n) is 14.7. The number of hydrogen-bond acceptors (Lipinski definition) is 5. The summed E-state index contributed by atoms with van der Waals surface area (Å²) >= 11 is 6.60. The molecule has 1 N–H and O–H groups in total. The van der Waals surface area contributed by atoms with Crippen LogP contribution in [0.25, 0.3) is 0 Å². The minimum Gasteiger partial charge on any atom is -0.455 e. The van der Waals surface area contributed by atoms with Gasteiger partial charge in [0.25, 0.3) is 5.91 Å². The van der Waals surface area contributed by atoms with Gasteiger partial charge in [0.15, 0.2) is 6.61 Å². The number of ether oxygens (including phenoxy) is 1. The van der Waals surface area contributed by atoms with E-state index in [1.807, 2.05) is 0 Å². The summed E-state index contributed by atoms with van der Waals surface area (Å²) in [6.45, 7) is 3.72. The lowest BCUT2D eigenvalue weighted by Crippen LogP contribution is -2.36. The molecular weight excluding hydrogens is 375 g/mol. The molecule has 8 heteroatoms. The maximum absolute atomic E-state index is 13.4. The molecule has 1 heterocycles. The zero-order valence-corrected chi connectivity index (χ0v) is 16.3. The molecule has 1 fully saturated rings. The molecule has 1 amide bonds. The van der Waals surface area contributed by atoms with Crippen LogP contribution in [0, 0.1) is 11.7 Å². The van der Waals surface area contributed by atoms with Gasteiger partial charge in [0, 0.05) is 25.2 Å². The first-order chi connectivity index (χ1) is 12.5. The summed E-state index contributed by atoms with van der Waals surface area (Å²) < 4.78 is 19.1. The van der Waals surface area contributed by atoms with Crippen LogP contribution in [0.15, 0.2) is 24.3 Å². The van der Waals surface area contributed by atoms with Gasteiger partial charge in [-0.05, 0) is 24.8 Å². The molecular formula is C18H23FN2O3S2. The van der Waals surface area contributed by atoms with Gasteiger partial charge in [-0.3, -0.25) is 9.59 Å². The Morgan fingerprint density at radius 3 is 2.73 bits per heavy atom. The second-order valence-electron chi connectivity index (χ2n) is 6.25. The third-order valence-corrected chi connectivity index (χ3v) is 5.65. The molecule has 1 saturated heterocycles. The van der Waals surface area contributed by atoms with E-state index in [1.165, 1.54) is 17.8 Å². The number of carbonyl (C=O) groups is 2. The van der Waals surface area contributed by atoms with Crippen molar-refractivity contribution in [3.8, 4) is 0 Å². The number of thiocarbonyl (C=S) groups is 1. The van der Waals surface area contributed by atoms with Crippen LogP contribution >= 0.6 is 24.0 Å². The van der Waals surface area contributed by atoms with Crippen LogP contribution in [0.3, 0.4) is 0 Å². The fourth-order valence-electron chi connectivity index (χ4n) is 2.48. The van der Waals surface area contributed by atoms with E-state index in [-0.39, 0.29) is 24.7 Å².